The first-order valence-electron chi connectivity index (χ1n) is 6.80. The Bertz CT molecular complexity index is 407. The molecule has 0 bridgehead atoms. The van der Waals surface area contributed by atoms with Crippen LogP contribution in [0, 0.1) is 23.7 Å². The van der Waals surface area contributed by atoms with Crippen LogP contribution in [0.3, 0.4) is 0 Å². The van der Waals surface area contributed by atoms with Gasteiger partial charge in [0.05, 0.1) is 5.92 Å². The molecular weight excluding hydrogens is 228 g/mol. The van der Waals surface area contributed by atoms with Crippen molar-refractivity contribution in [2.45, 2.75) is 13.3 Å². The molecule has 3 rings (SSSR count). The van der Waals surface area contributed by atoms with Crippen molar-refractivity contribution in [3.8, 4) is 0 Å². The summed E-state index contributed by atoms with van der Waals surface area (Å²) in [6.45, 7) is 8.64. The molecular formula is C14H20N2O2. The molecule has 0 aromatic rings. The van der Waals surface area contributed by atoms with Crippen LogP contribution in [0.2, 0.25) is 0 Å². The normalized spacial score (nSPS) is 37.9. The van der Waals surface area contributed by atoms with Crippen LogP contribution in [0.25, 0.3) is 0 Å². The molecule has 4 atom stereocenters. The van der Waals surface area contributed by atoms with Gasteiger partial charge in [0.1, 0.15) is 0 Å². The van der Waals surface area contributed by atoms with Gasteiger partial charge >= 0.3 is 0 Å². The molecule has 0 aromatic carbocycles. The molecule has 2 aliphatic heterocycles. The molecule has 2 saturated heterocycles. The summed E-state index contributed by atoms with van der Waals surface area (Å²) in [5.41, 5.74) is 0. The molecule has 3 fully saturated rings. The fourth-order valence-electron chi connectivity index (χ4n) is 3.34. The van der Waals surface area contributed by atoms with E-state index in [4.69, 9.17) is 0 Å². The van der Waals surface area contributed by atoms with Gasteiger partial charge < -0.3 is 9.80 Å². The summed E-state index contributed by atoms with van der Waals surface area (Å²) in [5, 5.41) is 0. The molecule has 0 N–H and O–H groups in total. The van der Waals surface area contributed by atoms with E-state index < -0.39 is 0 Å². The highest BCUT2D eigenvalue weighted by molar-refractivity contribution is 5.86. The Kier molecular flexibility index (Phi) is 2.68. The topological polar surface area (TPSA) is 40.6 Å². The van der Waals surface area contributed by atoms with Crippen LogP contribution < -0.4 is 0 Å². The molecule has 0 radical (unpaired) electrons. The lowest BCUT2D eigenvalue weighted by molar-refractivity contribution is -0.134. The number of nitrogens with zero attached hydrogens (tertiary/aromatic N) is 2. The molecule has 2 unspecified atom stereocenters. The summed E-state index contributed by atoms with van der Waals surface area (Å²) in [7, 11) is 0. The van der Waals surface area contributed by atoms with E-state index in [1.54, 1.807) is 6.08 Å². The van der Waals surface area contributed by atoms with Crippen LogP contribution in [0.15, 0.2) is 12.7 Å². The van der Waals surface area contributed by atoms with E-state index in [0.29, 0.717) is 24.9 Å². The maximum Gasteiger partial charge on any atom is 0.228 e. The van der Waals surface area contributed by atoms with E-state index in [1.807, 2.05) is 9.80 Å². The van der Waals surface area contributed by atoms with E-state index in [9.17, 15) is 9.59 Å². The highest BCUT2D eigenvalue weighted by Gasteiger charge is 2.50. The SMILES string of the molecule is C=CCN1C[C@@H]2CN(C(=O)C3CC3C)C[C@@H]2C1=O. The Morgan fingerprint density at radius 3 is 2.72 bits per heavy atom. The highest BCUT2D eigenvalue weighted by Crippen LogP contribution is 2.41. The highest BCUT2D eigenvalue weighted by atomic mass is 16.2. The van der Waals surface area contributed by atoms with Gasteiger partial charge in [0.2, 0.25) is 11.8 Å². The molecule has 3 aliphatic rings. The Balaban J connectivity index is 1.62. The number of hydrogen-bond donors (Lipinski definition) is 0. The van der Waals surface area contributed by atoms with Crippen molar-refractivity contribution in [1.29, 1.82) is 0 Å². The van der Waals surface area contributed by atoms with Crippen LogP contribution in [0.4, 0.5) is 0 Å². The average Bonchev–Trinajstić information content (AvgIpc) is 2.81. The minimum absolute atomic E-state index is 0.0444. The second-order valence-electron chi connectivity index (χ2n) is 5.96. The minimum Gasteiger partial charge on any atom is -0.341 e. The number of carbonyl (C=O) groups excluding carboxylic acids is 2. The van der Waals surface area contributed by atoms with Gasteiger partial charge in [-0.05, 0) is 12.3 Å². The lowest BCUT2D eigenvalue weighted by Gasteiger charge is -2.21. The van der Waals surface area contributed by atoms with Crippen molar-refractivity contribution in [2.24, 2.45) is 23.7 Å². The first-order valence-corrected chi connectivity index (χ1v) is 6.80. The summed E-state index contributed by atoms with van der Waals surface area (Å²) in [6, 6.07) is 0. The third-order valence-electron chi connectivity index (χ3n) is 4.61. The Labute approximate surface area is 108 Å². The van der Waals surface area contributed by atoms with Crippen molar-refractivity contribution in [2.75, 3.05) is 26.2 Å². The maximum atomic E-state index is 12.1. The van der Waals surface area contributed by atoms with Crippen LogP contribution in [-0.4, -0.2) is 47.8 Å². The van der Waals surface area contributed by atoms with Crippen LogP contribution in [0.1, 0.15) is 13.3 Å². The van der Waals surface area contributed by atoms with E-state index in [2.05, 4.69) is 13.5 Å². The van der Waals surface area contributed by atoms with Gasteiger partial charge in [-0.25, -0.2) is 0 Å². The monoisotopic (exact) mass is 248 g/mol. The first-order chi connectivity index (χ1) is 8.61. The zero-order valence-corrected chi connectivity index (χ0v) is 10.8. The van der Waals surface area contributed by atoms with E-state index in [0.717, 1.165) is 19.5 Å². The molecule has 2 heterocycles. The second kappa shape index (κ2) is 4.11. The first kappa shape index (κ1) is 11.8. The zero-order valence-electron chi connectivity index (χ0n) is 10.8. The fraction of sp³-hybridized carbons (Fsp3) is 0.714. The van der Waals surface area contributed by atoms with Crippen molar-refractivity contribution in [1.82, 2.24) is 9.80 Å². The summed E-state index contributed by atoms with van der Waals surface area (Å²) >= 11 is 0. The van der Waals surface area contributed by atoms with Crippen LogP contribution >= 0.6 is 0 Å². The number of hydrogen-bond acceptors (Lipinski definition) is 2. The summed E-state index contributed by atoms with van der Waals surface area (Å²) < 4.78 is 0. The molecule has 1 aliphatic carbocycles. The molecule has 1 saturated carbocycles. The number of fused-ring (bicyclic) bond motifs is 1. The quantitative estimate of drug-likeness (QED) is 0.691. The van der Waals surface area contributed by atoms with E-state index in [1.165, 1.54) is 0 Å². The molecule has 2 amide bonds. The largest absolute Gasteiger partial charge is 0.341 e. The third kappa shape index (κ3) is 1.74. The summed E-state index contributed by atoms with van der Waals surface area (Å²) in [4.78, 5) is 28.1. The standard InChI is InChI=1S/C14H20N2O2/c1-3-4-15-6-10-7-16(8-12(10)14(15)18)13(17)11-5-9(11)2/h3,9-12H,1,4-8H2,2H3/t9?,10-,11?,12+/m1/s1. The minimum atomic E-state index is 0.0444. The van der Waals surface area contributed by atoms with Crippen molar-refractivity contribution in [3.63, 3.8) is 0 Å². The van der Waals surface area contributed by atoms with Crippen LogP contribution in [-0.2, 0) is 9.59 Å². The molecule has 0 aromatic heterocycles. The van der Waals surface area contributed by atoms with Gasteiger partial charge in [0.25, 0.3) is 0 Å². The Hall–Kier alpha value is -1.32. The average molecular weight is 248 g/mol. The Morgan fingerprint density at radius 1 is 1.44 bits per heavy atom. The maximum absolute atomic E-state index is 12.1. The number of carbonyl (C=O) groups is 2. The molecule has 4 heteroatoms. The van der Waals surface area contributed by atoms with E-state index in [-0.39, 0.29) is 23.7 Å². The predicted octanol–water partition coefficient (Wildman–Crippen LogP) is 0.745. The van der Waals surface area contributed by atoms with Gasteiger partial charge in [0, 0.05) is 38.0 Å². The van der Waals surface area contributed by atoms with Crippen molar-refractivity contribution in [3.05, 3.63) is 12.7 Å². The third-order valence-corrected chi connectivity index (χ3v) is 4.61. The van der Waals surface area contributed by atoms with Gasteiger partial charge in [-0.15, -0.1) is 6.58 Å². The van der Waals surface area contributed by atoms with Crippen molar-refractivity contribution < 1.29 is 9.59 Å². The number of amides is 2. The molecule has 4 nitrogen and oxygen atoms in total. The zero-order chi connectivity index (χ0) is 12.9. The lowest BCUT2D eigenvalue weighted by Crippen LogP contribution is -2.36. The number of rotatable bonds is 3. The molecule has 18 heavy (non-hydrogen) atoms. The smallest absolute Gasteiger partial charge is 0.228 e. The van der Waals surface area contributed by atoms with E-state index >= 15 is 0 Å². The second-order valence-corrected chi connectivity index (χ2v) is 5.96. The fourth-order valence-corrected chi connectivity index (χ4v) is 3.34. The van der Waals surface area contributed by atoms with Crippen LogP contribution in [0.5, 0.6) is 0 Å². The summed E-state index contributed by atoms with van der Waals surface area (Å²) in [6.07, 6.45) is 2.80. The van der Waals surface area contributed by atoms with Gasteiger partial charge in [-0.1, -0.05) is 13.0 Å². The molecule has 0 spiro atoms. The molecule has 98 valence electrons. The number of likely N-dealkylation sites (tertiary alicyclic amines) is 2. The predicted molar refractivity (Wildman–Crippen MR) is 67.6 cm³/mol. The summed E-state index contributed by atoms with van der Waals surface area (Å²) in [5.74, 6) is 1.66. The lowest BCUT2D eigenvalue weighted by atomic mass is 10.0. The van der Waals surface area contributed by atoms with Gasteiger partial charge in [0.15, 0.2) is 0 Å². The van der Waals surface area contributed by atoms with Gasteiger partial charge in [-0.3, -0.25) is 9.59 Å². The Morgan fingerprint density at radius 2 is 2.17 bits per heavy atom. The van der Waals surface area contributed by atoms with Gasteiger partial charge in [-0.2, -0.15) is 0 Å². The van der Waals surface area contributed by atoms with Crippen molar-refractivity contribution >= 4 is 11.8 Å².